The van der Waals surface area contributed by atoms with Crippen molar-refractivity contribution in [3.8, 4) is 5.75 Å². The monoisotopic (exact) mass is 239 g/mol. The van der Waals surface area contributed by atoms with Crippen LogP contribution in [0.15, 0.2) is 24.3 Å². The Kier molecular flexibility index (Phi) is 4.45. The van der Waals surface area contributed by atoms with E-state index >= 15 is 0 Å². The summed E-state index contributed by atoms with van der Waals surface area (Å²) in [7, 11) is 0. The first-order valence-electron chi connectivity index (χ1n) is 5.16. The Morgan fingerprint density at radius 2 is 2.00 bits per heavy atom. The molecule has 0 spiro atoms. The maximum absolute atomic E-state index is 11.2. The summed E-state index contributed by atoms with van der Waals surface area (Å²) in [5.41, 5.74) is -0.0624. The minimum atomic E-state index is -0.812. The Balaban J connectivity index is 2.57. The van der Waals surface area contributed by atoms with Crippen LogP contribution in [-0.4, -0.2) is 17.2 Å². The van der Waals surface area contributed by atoms with E-state index in [2.05, 4.69) is 0 Å². The molecule has 0 fully saturated rings. The van der Waals surface area contributed by atoms with E-state index in [0.29, 0.717) is 6.42 Å². The summed E-state index contributed by atoms with van der Waals surface area (Å²) < 4.78 is 9.72. The van der Waals surface area contributed by atoms with Gasteiger partial charge in [-0.15, -0.1) is 0 Å². The molecular formula is C11H13NO5. The van der Waals surface area contributed by atoms with E-state index in [-0.39, 0.29) is 17.5 Å². The molecule has 0 aliphatic rings. The highest BCUT2D eigenvalue weighted by Crippen LogP contribution is 2.17. The predicted octanol–water partition coefficient (Wildman–Crippen LogP) is 2.91. The number of carbonyl (C=O) groups is 1. The van der Waals surface area contributed by atoms with Gasteiger partial charge in [-0.2, -0.15) is 0 Å². The molecule has 0 aromatic heterocycles. The first-order chi connectivity index (χ1) is 8.02. The van der Waals surface area contributed by atoms with Crippen LogP contribution in [-0.2, 0) is 4.74 Å². The van der Waals surface area contributed by atoms with Gasteiger partial charge in [0, 0.05) is 12.1 Å². The molecule has 0 bridgehead atoms. The van der Waals surface area contributed by atoms with E-state index in [9.17, 15) is 14.9 Å². The van der Waals surface area contributed by atoms with Gasteiger partial charge in [0.1, 0.15) is 11.9 Å². The molecule has 0 radical (unpaired) electrons. The molecule has 1 atom stereocenters. The van der Waals surface area contributed by atoms with E-state index in [1.165, 1.54) is 24.3 Å². The minimum Gasteiger partial charge on any atom is -0.431 e. The van der Waals surface area contributed by atoms with Crippen LogP contribution in [0.4, 0.5) is 10.5 Å². The quantitative estimate of drug-likeness (QED) is 0.349. The highest BCUT2D eigenvalue weighted by atomic mass is 16.7. The van der Waals surface area contributed by atoms with Gasteiger partial charge in [-0.25, -0.2) is 4.79 Å². The molecule has 17 heavy (non-hydrogen) atoms. The topological polar surface area (TPSA) is 78.7 Å². The first-order valence-corrected chi connectivity index (χ1v) is 5.16. The Morgan fingerprint density at radius 1 is 1.41 bits per heavy atom. The zero-order valence-corrected chi connectivity index (χ0v) is 9.58. The van der Waals surface area contributed by atoms with Gasteiger partial charge in [-0.1, -0.05) is 6.92 Å². The lowest BCUT2D eigenvalue weighted by Gasteiger charge is -2.10. The van der Waals surface area contributed by atoms with Crippen molar-refractivity contribution >= 4 is 11.8 Å². The van der Waals surface area contributed by atoms with Crippen molar-refractivity contribution in [3.05, 3.63) is 34.4 Å². The van der Waals surface area contributed by atoms with Gasteiger partial charge in [-0.3, -0.25) is 10.1 Å². The van der Waals surface area contributed by atoms with E-state index in [1.807, 2.05) is 6.92 Å². The highest BCUT2D eigenvalue weighted by Gasteiger charge is 2.11. The fourth-order valence-electron chi connectivity index (χ4n) is 1.00. The van der Waals surface area contributed by atoms with Crippen molar-refractivity contribution in [2.75, 3.05) is 0 Å². The number of hydrogen-bond acceptors (Lipinski definition) is 5. The predicted molar refractivity (Wildman–Crippen MR) is 60.0 cm³/mol. The fraction of sp³-hybridized carbons (Fsp3) is 0.364. The Labute approximate surface area is 98.3 Å². The van der Waals surface area contributed by atoms with Crippen LogP contribution in [0.5, 0.6) is 5.75 Å². The second kappa shape index (κ2) is 5.83. The third kappa shape index (κ3) is 4.10. The molecule has 0 unspecified atom stereocenters. The molecule has 0 N–H and O–H groups in total. The third-order valence-electron chi connectivity index (χ3n) is 2.12. The molecular weight excluding hydrogens is 226 g/mol. The molecule has 0 saturated carbocycles. The SMILES string of the molecule is CC[C@H](C)OC(=O)Oc1ccc([N+](=O)[O-])cc1. The molecule has 92 valence electrons. The summed E-state index contributed by atoms with van der Waals surface area (Å²) in [6, 6.07) is 5.20. The number of benzene rings is 1. The van der Waals surface area contributed by atoms with Crippen LogP contribution in [0.3, 0.4) is 0 Å². The molecule has 1 rings (SSSR count). The Morgan fingerprint density at radius 3 is 2.47 bits per heavy atom. The number of hydrogen-bond donors (Lipinski definition) is 0. The van der Waals surface area contributed by atoms with Crippen LogP contribution in [0, 0.1) is 10.1 Å². The van der Waals surface area contributed by atoms with Crippen LogP contribution < -0.4 is 4.74 Å². The van der Waals surface area contributed by atoms with Crippen LogP contribution in [0.1, 0.15) is 20.3 Å². The normalized spacial score (nSPS) is 11.6. The summed E-state index contributed by atoms with van der Waals surface area (Å²) in [6.07, 6.45) is -0.344. The number of ether oxygens (including phenoxy) is 2. The average molecular weight is 239 g/mol. The number of nitrogens with zero attached hydrogens (tertiary/aromatic N) is 1. The zero-order valence-electron chi connectivity index (χ0n) is 9.58. The second-order valence-corrected chi connectivity index (χ2v) is 3.44. The third-order valence-corrected chi connectivity index (χ3v) is 2.12. The lowest BCUT2D eigenvalue weighted by atomic mass is 10.3. The first kappa shape index (κ1) is 13.0. The molecule has 0 saturated heterocycles. The van der Waals surface area contributed by atoms with Gasteiger partial charge < -0.3 is 9.47 Å². The van der Waals surface area contributed by atoms with Gasteiger partial charge in [0.05, 0.1) is 4.92 Å². The number of non-ortho nitro benzene ring substituents is 1. The standard InChI is InChI=1S/C11H13NO5/c1-3-8(2)16-11(13)17-10-6-4-9(5-7-10)12(14)15/h4-8H,3H2,1-2H3/t8-/m0/s1. The van der Waals surface area contributed by atoms with Crippen molar-refractivity contribution in [2.24, 2.45) is 0 Å². The van der Waals surface area contributed by atoms with Crippen LogP contribution >= 0.6 is 0 Å². The Hall–Kier alpha value is -2.11. The largest absolute Gasteiger partial charge is 0.514 e. The molecule has 1 aromatic carbocycles. The summed E-state index contributed by atoms with van der Waals surface area (Å²) >= 11 is 0. The van der Waals surface area contributed by atoms with Gasteiger partial charge in [-0.05, 0) is 25.5 Å². The smallest absolute Gasteiger partial charge is 0.431 e. The van der Waals surface area contributed by atoms with Crippen LogP contribution in [0.25, 0.3) is 0 Å². The van der Waals surface area contributed by atoms with E-state index in [1.54, 1.807) is 6.92 Å². The van der Waals surface area contributed by atoms with E-state index in [4.69, 9.17) is 9.47 Å². The zero-order chi connectivity index (χ0) is 12.8. The molecule has 0 amide bonds. The Bertz CT molecular complexity index is 401. The molecule has 6 nitrogen and oxygen atoms in total. The van der Waals surface area contributed by atoms with E-state index in [0.717, 1.165) is 0 Å². The fourth-order valence-corrected chi connectivity index (χ4v) is 1.00. The lowest BCUT2D eigenvalue weighted by molar-refractivity contribution is -0.384. The van der Waals surface area contributed by atoms with Gasteiger partial charge in [0.2, 0.25) is 0 Å². The summed E-state index contributed by atoms with van der Waals surface area (Å²) in [4.78, 5) is 21.1. The van der Waals surface area contributed by atoms with Crippen molar-refractivity contribution in [3.63, 3.8) is 0 Å². The van der Waals surface area contributed by atoms with Crippen LogP contribution in [0.2, 0.25) is 0 Å². The number of carbonyl (C=O) groups excluding carboxylic acids is 1. The van der Waals surface area contributed by atoms with Crippen molar-refractivity contribution in [1.82, 2.24) is 0 Å². The maximum atomic E-state index is 11.2. The molecule has 0 aliphatic heterocycles. The van der Waals surface area contributed by atoms with Crippen molar-refractivity contribution < 1.29 is 19.2 Å². The summed E-state index contributed by atoms with van der Waals surface area (Å²) in [6.45, 7) is 3.63. The van der Waals surface area contributed by atoms with Gasteiger partial charge in [0.25, 0.3) is 5.69 Å². The minimum absolute atomic E-state index is 0.0624. The summed E-state index contributed by atoms with van der Waals surface area (Å²) in [5.74, 6) is 0.212. The second-order valence-electron chi connectivity index (χ2n) is 3.44. The number of nitro benzene ring substituents is 1. The number of rotatable bonds is 4. The van der Waals surface area contributed by atoms with E-state index < -0.39 is 11.1 Å². The molecule has 1 aromatic rings. The summed E-state index contributed by atoms with van der Waals surface area (Å²) in [5, 5.41) is 10.4. The van der Waals surface area contributed by atoms with Gasteiger partial charge in [0.15, 0.2) is 0 Å². The molecule has 6 heteroatoms. The number of nitro groups is 1. The van der Waals surface area contributed by atoms with Crippen molar-refractivity contribution in [1.29, 1.82) is 0 Å². The lowest BCUT2D eigenvalue weighted by Crippen LogP contribution is -2.17. The maximum Gasteiger partial charge on any atom is 0.514 e. The molecule has 0 heterocycles. The van der Waals surface area contributed by atoms with Crippen molar-refractivity contribution in [2.45, 2.75) is 26.4 Å². The highest BCUT2D eigenvalue weighted by molar-refractivity contribution is 5.64. The molecule has 0 aliphatic carbocycles. The average Bonchev–Trinajstić information content (AvgIpc) is 2.29. The van der Waals surface area contributed by atoms with Gasteiger partial charge >= 0.3 is 6.16 Å².